The summed E-state index contributed by atoms with van der Waals surface area (Å²) in [6, 6.07) is 8.23. The summed E-state index contributed by atoms with van der Waals surface area (Å²) in [6.45, 7) is 0. The van der Waals surface area contributed by atoms with E-state index in [0.29, 0.717) is 39.9 Å². The van der Waals surface area contributed by atoms with E-state index in [4.69, 9.17) is 23.7 Å². The monoisotopic (exact) mass is 374 g/mol. The van der Waals surface area contributed by atoms with E-state index in [0.717, 1.165) is 0 Å². The van der Waals surface area contributed by atoms with Crippen molar-refractivity contribution in [3.05, 3.63) is 41.5 Å². The van der Waals surface area contributed by atoms with Gasteiger partial charge < -0.3 is 23.7 Å². The SMILES string of the molecule is COc1cc(OC)cc(C(=O)N/N=C\c2c(OC)cc(OC)cc2OC)c1. The van der Waals surface area contributed by atoms with Crippen LogP contribution in [0.25, 0.3) is 0 Å². The Morgan fingerprint density at radius 3 is 1.70 bits per heavy atom. The quantitative estimate of drug-likeness (QED) is 0.564. The maximum absolute atomic E-state index is 12.4. The van der Waals surface area contributed by atoms with Crippen LogP contribution >= 0.6 is 0 Å². The molecule has 0 spiro atoms. The molecule has 0 aliphatic heterocycles. The molecule has 1 N–H and O–H groups in total. The zero-order valence-corrected chi connectivity index (χ0v) is 15.9. The maximum Gasteiger partial charge on any atom is 0.271 e. The van der Waals surface area contributed by atoms with Crippen LogP contribution in [0.5, 0.6) is 28.7 Å². The Balaban J connectivity index is 2.24. The average Bonchev–Trinajstić information content (AvgIpc) is 2.72. The summed E-state index contributed by atoms with van der Waals surface area (Å²) in [5.41, 5.74) is 3.36. The number of benzene rings is 2. The highest BCUT2D eigenvalue weighted by molar-refractivity contribution is 5.96. The molecule has 27 heavy (non-hydrogen) atoms. The zero-order chi connectivity index (χ0) is 19.8. The molecule has 2 aromatic carbocycles. The van der Waals surface area contributed by atoms with Gasteiger partial charge in [-0.05, 0) is 12.1 Å². The van der Waals surface area contributed by atoms with Crippen LogP contribution in [0.2, 0.25) is 0 Å². The van der Waals surface area contributed by atoms with Gasteiger partial charge in [-0.15, -0.1) is 0 Å². The van der Waals surface area contributed by atoms with Gasteiger partial charge in [0.1, 0.15) is 28.7 Å². The molecule has 8 nitrogen and oxygen atoms in total. The molecule has 0 radical (unpaired) electrons. The molecule has 0 aromatic heterocycles. The van der Waals surface area contributed by atoms with Crippen LogP contribution in [0.4, 0.5) is 0 Å². The molecule has 2 rings (SSSR count). The number of hydrogen-bond donors (Lipinski definition) is 1. The molecule has 144 valence electrons. The van der Waals surface area contributed by atoms with Crippen LogP contribution in [-0.2, 0) is 0 Å². The van der Waals surface area contributed by atoms with Crippen LogP contribution in [0, 0.1) is 0 Å². The molecular formula is C19H22N2O6. The Kier molecular flexibility index (Phi) is 6.87. The molecule has 0 fully saturated rings. The van der Waals surface area contributed by atoms with E-state index in [1.165, 1.54) is 34.7 Å². The van der Waals surface area contributed by atoms with Gasteiger partial charge in [0.05, 0.1) is 47.3 Å². The number of carbonyl (C=O) groups is 1. The first-order chi connectivity index (χ1) is 13.1. The number of nitrogens with zero attached hydrogens (tertiary/aromatic N) is 1. The number of rotatable bonds is 8. The summed E-state index contributed by atoms with van der Waals surface area (Å²) < 4.78 is 26.2. The van der Waals surface area contributed by atoms with Crippen molar-refractivity contribution in [1.82, 2.24) is 5.43 Å². The standard InChI is InChI=1S/C19H22N2O6/c1-23-13-6-12(7-14(8-13)24-2)19(22)21-20-11-16-17(26-4)9-15(25-3)10-18(16)27-5/h6-11H,1-5H3,(H,21,22)/b20-11-. The van der Waals surface area contributed by atoms with Gasteiger partial charge in [-0.3, -0.25) is 4.79 Å². The number of hydrazone groups is 1. The van der Waals surface area contributed by atoms with Crippen LogP contribution in [0.15, 0.2) is 35.4 Å². The molecule has 8 heteroatoms. The maximum atomic E-state index is 12.4. The summed E-state index contributed by atoms with van der Waals surface area (Å²) in [4.78, 5) is 12.4. The molecule has 0 aliphatic rings. The van der Waals surface area contributed by atoms with Crippen molar-refractivity contribution in [2.45, 2.75) is 0 Å². The largest absolute Gasteiger partial charge is 0.497 e. The molecule has 0 bridgehead atoms. The molecule has 1 amide bonds. The Bertz CT molecular complexity index is 788. The molecule has 0 unspecified atom stereocenters. The summed E-state index contributed by atoms with van der Waals surface area (Å²) in [5.74, 6) is 2.15. The predicted molar refractivity (Wildman–Crippen MR) is 101 cm³/mol. The van der Waals surface area contributed by atoms with Gasteiger partial charge in [-0.1, -0.05) is 0 Å². The van der Waals surface area contributed by atoms with E-state index in [1.807, 2.05) is 0 Å². The van der Waals surface area contributed by atoms with E-state index in [1.54, 1.807) is 37.4 Å². The number of hydrogen-bond acceptors (Lipinski definition) is 7. The van der Waals surface area contributed by atoms with Crippen molar-refractivity contribution in [2.75, 3.05) is 35.5 Å². The highest BCUT2D eigenvalue weighted by Crippen LogP contribution is 2.32. The molecule has 2 aromatic rings. The third-order valence-electron chi connectivity index (χ3n) is 3.73. The third kappa shape index (κ3) is 4.81. The topological polar surface area (TPSA) is 87.6 Å². The Morgan fingerprint density at radius 1 is 0.778 bits per heavy atom. The molecule has 0 heterocycles. The van der Waals surface area contributed by atoms with E-state index in [2.05, 4.69) is 10.5 Å². The summed E-state index contributed by atoms with van der Waals surface area (Å²) in [5, 5.41) is 3.99. The molecule has 0 saturated heterocycles. The first-order valence-electron chi connectivity index (χ1n) is 7.92. The van der Waals surface area contributed by atoms with Crippen molar-refractivity contribution < 1.29 is 28.5 Å². The second-order valence-electron chi connectivity index (χ2n) is 5.25. The van der Waals surface area contributed by atoms with E-state index < -0.39 is 5.91 Å². The van der Waals surface area contributed by atoms with Crippen LogP contribution in [-0.4, -0.2) is 47.7 Å². The van der Waals surface area contributed by atoms with Gasteiger partial charge in [-0.2, -0.15) is 5.10 Å². The predicted octanol–water partition coefficient (Wildman–Crippen LogP) is 2.49. The second kappa shape index (κ2) is 9.33. The first kappa shape index (κ1) is 19.9. The number of ether oxygens (including phenoxy) is 5. The fourth-order valence-electron chi connectivity index (χ4n) is 2.32. The zero-order valence-electron chi connectivity index (χ0n) is 15.9. The molecular weight excluding hydrogens is 352 g/mol. The van der Waals surface area contributed by atoms with Crippen molar-refractivity contribution in [3.63, 3.8) is 0 Å². The number of nitrogens with one attached hydrogen (secondary N) is 1. The third-order valence-corrected chi connectivity index (χ3v) is 3.73. The lowest BCUT2D eigenvalue weighted by molar-refractivity contribution is 0.0954. The van der Waals surface area contributed by atoms with Gasteiger partial charge in [0.15, 0.2) is 0 Å². The summed E-state index contributed by atoms with van der Waals surface area (Å²) >= 11 is 0. The van der Waals surface area contributed by atoms with Gasteiger partial charge >= 0.3 is 0 Å². The van der Waals surface area contributed by atoms with E-state index in [9.17, 15) is 4.79 Å². The average molecular weight is 374 g/mol. The minimum atomic E-state index is -0.421. The van der Waals surface area contributed by atoms with E-state index >= 15 is 0 Å². The minimum Gasteiger partial charge on any atom is -0.497 e. The normalized spacial score (nSPS) is 10.4. The smallest absolute Gasteiger partial charge is 0.271 e. The summed E-state index contributed by atoms with van der Waals surface area (Å²) in [7, 11) is 7.61. The minimum absolute atomic E-state index is 0.344. The van der Waals surface area contributed by atoms with Crippen molar-refractivity contribution >= 4 is 12.1 Å². The molecule has 0 aliphatic carbocycles. The highest BCUT2D eigenvalue weighted by Gasteiger charge is 2.12. The fraction of sp³-hybridized carbons (Fsp3) is 0.263. The Hall–Kier alpha value is -3.42. The fourth-order valence-corrected chi connectivity index (χ4v) is 2.32. The summed E-state index contributed by atoms with van der Waals surface area (Å²) in [6.07, 6.45) is 1.44. The Morgan fingerprint density at radius 2 is 1.26 bits per heavy atom. The van der Waals surface area contributed by atoms with Crippen LogP contribution in [0.1, 0.15) is 15.9 Å². The number of amides is 1. The Labute approximate surface area is 157 Å². The van der Waals surface area contributed by atoms with Gasteiger partial charge in [0.2, 0.25) is 0 Å². The molecule has 0 atom stereocenters. The lowest BCUT2D eigenvalue weighted by atomic mass is 10.2. The van der Waals surface area contributed by atoms with Crippen molar-refractivity contribution in [3.8, 4) is 28.7 Å². The lowest BCUT2D eigenvalue weighted by Gasteiger charge is -2.12. The van der Waals surface area contributed by atoms with Crippen LogP contribution < -0.4 is 29.1 Å². The second-order valence-corrected chi connectivity index (χ2v) is 5.25. The first-order valence-corrected chi connectivity index (χ1v) is 7.92. The van der Waals surface area contributed by atoms with Crippen LogP contribution in [0.3, 0.4) is 0 Å². The molecule has 0 saturated carbocycles. The number of methoxy groups -OCH3 is 5. The van der Waals surface area contributed by atoms with Gasteiger partial charge in [0.25, 0.3) is 5.91 Å². The van der Waals surface area contributed by atoms with E-state index in [-0.39, 0.29) is 0 Å². The van der Waals surface area contributed by atoms with Gasteiger partial charge in [-0.25, -0.2) is 5.43 Å². The highest BCUT2D eigenvalue weighted by atomic mass is 16.5. The lowest BCUT2D eigenvalue weighted by Crippen LogP contribution is -2.18. The number of carbonyl (C=O) groups excluding carboxylic acids is 1. The van der Waals surface area contributed by atoms with Crippen molar-refractivity contribution in [2.24, 2.45) is 5.10 Å². The van der Waals surface area contributed by atoms with Gasteiger partial charge in [0, 0.05) is 23.8 Å². The van der Waals surface area contributed by atoms with Crippen molar-refractivity contribution in [1.29, 1.82) is 0 Å².